The summed E-state index contributed by atoms with van der Waals surface area (Å²) in [6, 6.07) is 13.4. The van der Waals surface area contributed by atoms with Gasteiger partial charge in [0.1, 0.15) is 0 Å². The van der Waals surface area contributed by atoms with Gasteiger partial charge in [0.25, 0.3) is 0 Å². The van der Waals surface area contributed by atoms with Crippen molar-refractivity contribution in [3.63, 3.8) is 0 Å². The first-order valence-corrected chi connectivity index (χ1v) is 8.30. The third-order valence-corrected chi connectivity index (χ3v) is 5.40. The van der Waals surface area contributed by atoms with Crippen LogP contribution in [0.3, 0.4) is 0 Å². The van der Waals surface area contributed by atoms with Gasteiger partial charge in [-0.15, -0.1) is 0 Å². The zero-order valence-corrected chi connectivity index (χ0v) is 11.7. The molecule has 1 unspecified atom stereocenters. The second kappa shape index (κ2) is 4.80. The zero-order valence-electron chi connectivity index (χ0n) is 10.8. The minimum absolute atomic E-state index is 0.0451. The lowest BCUT2D eigenvalue weighted by atomic mass is 10.0. The third kappa shape index (κ3) is 2.35. The molecule has 0 saturated carbocycles. The average Bonchev–Trinajstić information content (AvgIpc) is 2.78. The van der Waals surface area contributed by atoms with E-state index in [9.17, 15) is 8.42 Å². The maximum absolute atomic E-state index is 11.5. The summed E-state index contributed by atoms with van der Waals surface area (Å²) >= 11 is 0. The first kappa shape index (κ1) is 12.9. The van der Waals surface area contributed by atoms with Gasteiger partial charge in [-0.2, -0.15) is 5.26 Å². The quantitative estimate of drug-likeness (QED) is 0.919. The topological polar surface area (TPSA) is 70.0 Å². The van der Waals surface area contributed by atoms with Gasteiger partial charge in [0.15, 0.2) is 9.84 Å². The Morgan fingerprint density at radius 2 is 1.90 bits per heavy atom. The summed E-state index contributed by atoms with van der Waals surface area (Å²) in [4.78, 5) is 0. The molecule has 4 nitrogen and oxygen atoms in total. The summed E-state index contributed by atoms with van der Waals surface area (Å²) in [6.45, 7) is 0. The monoisotopic (exact) mass is 286 g/mol. The molecule has 1 heterocycles. The number of fused-ring (bicyclic) bond motifs is 1. The summed E-state index contributed by atoms with van der Waals surface area (Å²) in [7, 11) is -2.90. The molecule has 0 radical (unpaired) electrons. The number of sulfone groups is 1. The van der Waals surface area contributed by atoms with E-state index in [1.165, 1.54) is 0 Å². The molecule has 0 bridgehead atoms. The van der Waals surface area contributed by atoms with Crippen LogP contribution in [-0.4, -0.2) is 26.0 Å². The molecule has 102 valence electrons. The normalized spacial score (nSPS) is 20.6. The molecule has 1 aliphatic rings. The summed E-state index contributed by atoms with van der Waals surface area (Å²) in [5.41, 5.74) is 1.52. The number of nitrogens with one attached hydrogen (secondary N) is 1. The van der Waals surface area contributed by atoms with Gasteiger partial charge in [-0.1, -0.05) is 24.3 Å². The van der Waals surface area contributed by atoms with Crippen molar-refractivity contribution >= 4 is 26.3 Å². The molecular weight excluding hydrogens is 272 g/mol. The molecule has 0 spiro atoms. The van der Waals surface area contributed by atoms with Crippen LogP contribution in [0.2, 0.25) is 0 Å². The molecule has 1 atom stereocenters. The lowest BCUT2D eigenvalue weighted by Crippen LogP contribution is -2.20. The van der Waals surface area contributed by atoms with Gasteiger partial charge >= 0.3 is 0 Å². The van der Waals surface area contributed by atoms with Crippen LogP contribution < -0.4 is 5.32 Å². The highest BCUT2D eigenvalue weighted by Gasteiger charge is 2.27. The van der Waals surface area contributed by atoms with Gasteiger partial charge in [0, 0.05) is 22.5 Å². The van der Waals surface area contributed by atoms with Crippen LogP contribution in [0, 0.1) is 11.3 Å². The first-order chi connectivity index (χ1) is 9.59. The Labute approximate surface area is 117 Å². The van der Waals surface area contributed by atoms with Gasteiger partial charge in [-0.05, 0) is 18.6 Å². The Morgan fingerprint density at radius 3 is 2.55 bits per heavy atom. The average molecular weight is 286 g/mol. The molecule has 3 rings (SSSR count). The SMILES string of the molecule is N#Cc1ccc(NC2CCS(=O)(=O)C2)c2ccccc12. The van der Waals surface area contributed by atoms with E-state index in [-0.39, 0.29) is 17.5 Å². The summed E-state index contributed by atoms with van der Waals surface area (Å²) < 4.78 is 23.0. The predicted molar refractivity (Wildman–Crippen MR) is 79.3 cm³/mol. The van der Waals surface area contributed by atoms with Crippen molar-refractivity contribution in [2.75, 3.05) is 16.8 Å². The van der Waals surface area contributed by atoms with Crippen LogP contribution in [0.4, 0.5) is 5.69 Å². The maximum atomic E-state index is 11.5. The molecule has 1 N–H and O–H groups in total. The fraction of sp³-hybridized carbons (Fsp3) is 0.267. The third-order valence-electron chi connectivity index (χ3n) is 3.64. The van der Waals surface area contributed by atoms with E-state index >= 15 is 0 Å². The van der Waals surface area contributed by atoms with E-state index in [4.69, 9.17) is 5.26 Å². The first-order valence-electron chi connectivity index (χ1n) is 6.48. The lowest BCUT2D eigenvalue weighted by Gasteiger charge is -2.15. The Kier molecular flexibility index (Phi) is 3.11. The highest BCUT2D eigenvalue weighted by molar-refractivity contribution is 7.91. The molecule has 5 heteroatoms. The molecular formula is C15H14N2O2S. The van der Waals surface area contributed by atoms with E-state index in [1.54, 1.807) is 6.07 Å². The van der Waals surface area contributed by atoms with Crippen molar-refractivity contribution in [1.29, 1.82) is 5.26 Å². The minimum atomic E-state index is -2.90. The van der Waals surface area contributed by atoms with Gasteiger partial charge < -0.3 is 5.32 Å². The number of nitriles is 1. The molecule has 20 heavy (non-hydrogen) atoms. The van der Waals surface area contributed by atoms with Crippen molar-refractivity contribution in [3.05, 3.63) is 42.0 Å². The molecule has 1 saturated heterocycles. The van der Waals surface area contributed by atoms with Crippen molar-refractivity contribution in [3.8, 4) is 6.07 Å². The molecule has 2 aromatic carbocycles. The van der Waals surface area contributed by atoms with Crippen LogP contribution in [0.1, 0.15) is 12.0 Å². The van der Waals surface area contributed by atoms with Crippen LogP contribution in [-0.2, 0) is 9.84 Å². The van der Waals surface area contributed by atoms with Crippen LogP contribution in [0.25, 0.3) is 10.8 Å². The summed E-state index contributed by atoms with van der Waals surface area (Å²) in [5.74, 6) is 0.431. The second-order valence-corrected chi connectivity index (χ2v) is 7.29. The van der Waals surface area contributed by atoms with E-state index < -0.39 is 9.84 Å². The number of nitrogens with zero attached hydrogens (tertiary/aromatic N) is 1. The Hall–Kier alpha value is -2.06. The van der Waals surface area contributed by atoms with E-state index in [2.05, 4.69) is 11.4 Å². The highest BCUT2D eigenvalue weighted by Crippen LogP contribution is 2.28. The highest BCUT2D eigenvalue weighted by atomic mass is 32.2. The van der Waals surface area contributed by atoms with Crippen LogP contribution in [0.15, 0.2) is 36.4 Å². The predicted octanol–water partition coefficient (Wildman–Crippen LogP) is 2.31. The number of hydrogen-bond donors (Lipinski definition) is 1. The van der Waals surface area contributed by atoms with Crippen molar-refractivity contribution in [2.45, 2.75) is 12.5 Å². The maximum Gasteiger partial charge on any atom is 0.152 e. The van der Waals surface area contributed by atoms with Crippen molar-refractivity contribution < 1.29 is 8.42 Å². The van der Waals surface area contributed by atoms with Gasteiger partial charge in [-0.25, -0.2) is 8.42 Å². The van der Waals surface area contributed by atoms with E-state index in [0.717, 1.165) is 16.5 Å². The molecule has 0 aliphatic carbocycles. The number of hydrogen-bond acceptors (Lipinski definition) is 4. The number of anilines is 1. The van der Waals surface area contributed by atoms with Gasteiger partial charge in [0.2, 0.25) is 0 Å². The van der Waals surface area contributed by atoms with Crippen LogP contribution >= 0.6 is 0 Å². The van der Waals surface area contributed by atoms with Gasteiger partial charge in [0.05, 0.1) is 23.1 Å². The molecule has 0 amide bonds. The Morgan fingerprint density at radius 1 is 1.15 bits per heavy atom. The molecule has 2 aromatic rings. The number of rotatable bonds is 2. The number of benzene rings is 2. The lowest BCUT2D eigenvalue weighted by molar-refractivity contribution is 0.602. The fourth-order valence-corrected chi connectivity index (χ4v) is 4.32. The zero-order chi connectivity index (χ0) is 14.2. The van der Waals surface area contributed by atoms with E-state index in [0.29, 0.717) is 12.0 Å². The molecule has 1 aliphatic heterocycles. The van der Waals surface area contributed by atoms with Gasteiger partial charge in [-0.3, -0.25) is 0 Å². The molecule has 0 aromatic heterocycles. The molecule has 1 fully saturated rings. The largest absolute Gasteiger partial charge is 0.381 e. The smallest absolute Gasteiger partial charge is 0.152 e. The summed E-state index contributed by atoms with van der Waals surface area (Å²) in [5, 5.41) is 14.3. The van der Waals surface area contributed by atoms with E-state index in [1.807, 2.05) is 30.3 Å². The fourth-order valence-electron chi connectivity index (χ4n) is 2.65. The standard InChI is InChI=1S/C15H14N2O2S/c16-9-11-5-6-15(14-4-2-1-3-13(11)14)17-12-7-8-20(18,19)10-12/h1-6,12,17H,7-8,10H2. The van der Waals surface area contributed by atoms with Crippen LogP contribution in [0.5, 0.6) is 0 Å². The van der Waals surface area contributed by atoms with Crippen molar-refractivity contribution in [2.24, 2.45) is 0 Å². The minimum Gasteiger partial charge on any atom is -0.381 e. The Balaban J connectivity index is 1.99. The second-order valence-electron chi connectivity index (χ2n) is 5.06. The van der Waals surface area contributed by atoms with Crippen molar-refractivity contribution in [1.82, 2.24) is 0 Å². The Bertz CT molecular complexity index is 806. The summed E-state index contributed by atoms with van der Waals surface area (Å²) in [6.07, 6.45) is 0.636.